The van der Waals surface area contributed by atoms with Gasteiger partial charge in [0.15, 0.2) is 5.60 Å². The molecule has 3 aliphatic heterocycles. The quantitative estimate of drug-likeness (QED) is 0.213. The molecule has 4 amide bonds. The summed E-state index contributed by atoms with van der Waals surface area (Å²) >= 11 is 0. The molecular weight excluding hydrogens is 789 g/mol. The van der Waals surface area contributed by atoms with Crippen LogP contribution >= 0.6 is 0 Å². The number of benzene rings is 1. The third kappa shape index (κ3) is 7.38. The highest BCUT2D eigenvalue weighted by Crippen LogP contribution is 2.52. The van der Waals surface area contributed by atoms with Gasteiger partial charge in [0, 0.05) is 29.3 Å². The van der Waals surface area contributed by atoms with Gasteiger partial charge in [-0.3, -0.25) is 28.9 Å². The number of amides is 4. The van der Waals surface area contributed by atoms with Gasteiger partial charge in [0.25, 0.3) is 11.8 Å². The summed E-state index contributed by atoms with van der Waals surface area (Å²) in [6.07, 6.45) is 5.01. The Bertz CT molecular complexity index is 2180. The largest absolute Gasteiger partial charge is 0.477 e. The highest BCUT2D eigenvalue weighted by atomic mass is 32.2. The van der Waals surface area contributed by atoms with Gasteiger partial charge in [0.1, 0.15) is 17.6 Å². The molecule has 3 N–H and O–H groups in total. The molecule has 2 aliphatic carbocycles. The Morgan fingerprint density at radius 2 is 1.85 bits per heavy atom. The van der Waals surface area contributed by atoms with Crippen LogP contribution < -0.4 is 19.5 Å². The molecule has 1 unspecified atom stereocenters. The molecule has 17 heteroatoms. The van der Waals surface area contributed by atoms with Gasteiger partial charge < -0.3 is 19.9 Å². The number of nitrogens with zero attached hydrogens (tertiary/aromatic N) is 3. The second-order valence-electron chi connectivity index (χ2n) is 17.9. The van der Waals surface area contributed by atoms with Crippen molar-refractivity contribution in [1.82, 2.24) is 24.8 Å². The predicted octanol–water partition coefficient (Wildman–Crippen LogP) is 5.92. The van der Waals surface area contributed by atoms with Crippen molar-refractivity contribution in [3.05, 3.63) is 42.0 Å². The Morgan fingerprint density at radius 3 is 2.51 bits per heavy atom. The first-order valence-electron chi connectivity index (χ1n) is 20.7. The lowest BCUT2D eigenvalue weighted by Gasteiger charge is -2.42. The average Bonchev–Trinajstić information content (AvgIpc) is 4.09. The number of alkyl halides is 2. The van der Waals surface area contributed by atoms with Crippen molar-refractivity contribution in [2.75, 3.05) is 6.61 Å². The van der Waals surface area contributed by atoms with E-state index in [2.05, 4.69) is 15.0 Å². The molecule has 0 radical (unpaired) electrons. The van der Waals surface area contributed by atoms with Crippen LogP contribution in [0.25, 0.3) is 10.8 Å². The number of halogens is 2. The number of fused-ring (bicyclic) bond motifs is 5. The van der Waals surface area contributed by atoms with E-state index in [0.29, 0.717) is 55.9 Å². The summed E-state index contributed by atoms with van der Waals surface area (Å²) in [6, 6.07) is -1.69. The zero-order valence-corrected chi connectivity index (χ0v) is 35.2. The minimum absolute atomic E-state index is 0.0147. The van der Waals surface area contributed by atoms with E-state index in [9.17, 15) is 27.9 Å². The van der Waals surface area contributed by atoms with Crippen molar-refractivity contribution in [1.29, 1.82) is 0 Å². The molecule has 7 rings (SSSR count). The third-order valence-corrected chi connectivity index (χ3v) is 15.6. The molecular formula is C42H55F2N5O9S. The Kier molecular flexibility index (Phi) is 11.0. The Labute approximate surface area is 343 Å². The number of aromatic nitrogens is 1. The fourth-order valence-electron chi connectivity index (χ4n) is 9.12. The van der Waals surface area contributed by atoms with Gasteiger partial charge in [0.05, 0.1) is 11.4 Å². The van der Waals surface area contributed by atoms with Crippen LogP contribution in [-0.4, -0.2) is 98.8 Å². The first-order valence-corrected chi connectivity index (χ1v) is 22.2. The highest BCUT2D eigenvalue weighted by Gasteiger charge is 2.71. The van der Waals surface area contributed by atoms with E-state index in [4.69, 9.17) is 9.47 Å². The maximum absolute atomic E-state index is 17.8. The number of pyridine rings is 1. The van der Waals surface area contributed by atoms with Crippen LogP contribution in [-0.2, 0) is 30.8 Å². The van der Waals surface area contributed by atoms with E-state index < -0.39 is 92.2 Å². The van der Waals surface area contributed by atoms with Crippen molar-refractivity contribution in [3.8, 4) is 11.8 Å². The van der Waals surface area contributed by atoms with Crippen molar-refractivity contribution >= 4 is 44.6 Å². The number of aryl methyl sites for hydroxylation is 1. The molecule has 1 aromatic carbocycles. The van der Waals surface area contributed by atoms with Crippen molar-refractivity contribution < 1.29 is 51.0 Å². The van der Waals surface area contributed by atoms with Gasteiger partial charge in [-0.25, -0.2) is 13.2 Å². The maximum atomic E-state index is 17.8. The zero-order chi connectivity index (χ0) is 42.9. The van der Waals surface area contributed by atoms with Crippen LogP contribution in [0.3, 0.4) is 0 Å². The molecule has 4 heterocycles. The van der Waals surface area contributed by atoms with E-state index >= 15 is 13.6 Å². The van der Waals surface area contributed by atoms with Crippen LogP contribution in [0.2, 0.25) is 0 Å². The Morgan fingerprint density at radius 1 is 1.15 bits per heavy atom. The van der Waals surface area contributed by atoms with Gasteiger partial charge >= 0.3 is 12.1 Å². The number of carboxylic acid groups (broad SMARTS) is 1. The number of rotatable bonds is 8. The number of nitrogens with one attached hydrogen (secondary N) is 2. The summed E-state index contributed by atoms with van der Waals surface area (Å²) in [6.45, 7) is 9.85. The summed E-state index contributed by atoms with van der Waals surface area (Å²) in [4.78, 5) is 62.5. The summed E-state index contributed by atoms with van der Waals surface area (Å²) in [5.74, 6) is -4.95. The van der Waals surface area contributed by atoms with Crippen LogP contribution in [0, 0.1) is 17.8 Å². The van der Waals surface area contributed by atoms with Gasteiger partial charge in [-0.05, 0) is 102 Å². The predicted molar refractivity (Wildman–Crippen MR) is 213 cm³/mol. The van der Waals surface area contributed by atoms with E-state index in [-0.39, 0.29) is 35.4 Å². The van der Waals surface area contributed by atoms with Gasteiger partial charge in [0.2, 0.25) is 27.7 Å². The normalized spacial score (nSPS) is 32.4. The van der Waals surface area contributed by atoms with Gasteiger partial charge in [-0.1, -0.05) is 51.1 Å². The molecule has 59 heavy (non-hydrogen) atoms. The monoisotopic (exact) mass is 843 g/mol. The van der Waals surface area contributed by atoms with Crippen molar-refractivity contribution in [2.45, 2.75) is 146 Å². The van der Waals surface area contributed by atoms with Crippen molar-refractivity contribution in [2.24, 2.45) is 17.8 Å². The molecule has 1 aromatic heterocycles. The van der Waals surface area contributed by atoms with Crippen LogP contribution in [0.5, 0.6) is 11.8 Å². The molecule has 322 valence electrons. The molecule has 14 nitrogen and oxygen atoms in total. The van der Waals surface area contributed by atoms with Crippen LogP contribution in [0.1, 0.15) is 105 Å². The fraction of sp³-hybridized carbons (Fsp3) is 0.643. The lowest BCUT2D eigenvalue weighted by Crippen LogP contribution is -2.64. The SMILES string of the molecule is CCC(C)N(C(=O)O)[C@@H]1C(=O)N2[C@@H](C[C@@](C)(Oc3nc4c(c5ccccc35)CCCO4)C2(F)F)C(=O)N[C@]2(C(=O)NS(=O)(=O)C3(C)CC3)C[C@H]2/C=C\CC[C@@H](C)C[C@H]1C. The standard InChI is InChI=1S/C42H55F2N5O9S/c1-7-26(4)48(38(53)54)32-25(3)21-24(2)13-8-9-14-27-22-41(27,37(52)47-59(55,56)39(5)18-19-39)46-33(50)31-23-40(6,42(43,44)49(31)36(32)51)58-35-30-16-11-10-15-28(30)29-17-12-20-57-34(29)45-35/h9-11,14-16,24-27,31-32H,7-8,12-13,17-23H2,1-6H3,(H,46,50)(H,47,52)(H,53,54)/b14-9-/t24-,25-,26?,27-,31+,32+,40-,41-/m1/s1. The molecule has 0 spiro atoms. The summed E-state index contributed by atoms with van der Waals surface area (Å²) < 4.78 is 75.2. The fourth-order valence-corrected chi connectivity index (χ4v) is 10.4. The second kappa shape index (κ2) is 15.2. The van der Waals surface area contributed by atoms with E-state index in [1.165, 1.54) is 6.92 Å². The minimum Gasteiger partial charge on any atom is -0.477 e. The lowest BCUT2D eigenvalue weighted by atomic mass is 9.86. The first-order chi connectivity index (χ1) is 27.7. The molecule has 5 aliphatic rings. The first kappa shape index (κ1) is 42.6. The van der Waals surface area contributed by atoms with Crippen LogP contribution in [0.4, 0.5) is 13.6 Å². The molecule has 2 saturated carbocycles. The molecule has 8 atom stereocenters. The zero-order valence-electron chi connectivity index (χ0n) is 34.4. The summed E-state index contributed by atoms with van der Waals surface area (Å²) in [7, 11) is -4.16. The van der Waals surface area contributed by atoms with Crippen LogP contribution in [0.15, 0.2) is 36.4 Å². The summed E-state index contributed by atoms with van der Waals surface area (Å²) in [5.41, 5.74) is -3.67. The number of ether oxygens (including phenoxy) is 2. The van der Waals surface area contributed by atoms with Crippen molar-refractivity contribution in [3.63, 3.8) is 0 Å². The van der Waals surface area contributed by atoms with Gasteiger partial charge in [-0.15, -0.1) is 0 Å². The number of allylic oxidation sites excluding steroid dienone is 1. The molecule has 0 bridgehead atoms. The molecule has 2 aromatic rings. The average molecular weight is 844 g/mol. The Hall–Kier alpha value is -4.54. The summed E-state index contributed by atoms with van der Waals surface area (Å²) in [5, 5.41) is 14.3. The number of hydrogen-bond acceptors (Lipinski definition) is 9. The number of carbonyl (C=O) groups is 4. The number of carbonyl (C=O) groups excluding carboxylic acids is 3. The third-order valence-electron chi connectivity index (χ3n) is 13.4. The lowest BCUT2D eigenvalue weighted by molar-refractivity contribution is -0.219. The highest BCUT2D eigenvalue weighted by molar-refractivity contribution is 7.91. The van der Waals surface area contributed by atoms with E-state index in [1.807, 2.05) is 19.1 Å². The minimum atomic E-state index is -4.27. The second-order valence-corrected chi connectivity index (χ2v) is 20.1. The van der Waals surface area contributed by atoms with E-state index in [0.717, 1.165) is 23.8 Å². The van der Waals surface area contributed by atoms with E-state index in [1.54, 1.807) is 45.0 Å². The smallest absolute Gasteiger partial charge is 0.408 e. The maximum Gasteiger partial charge on any atom is 0.408 e. The topological polar surface area (TPSA) is 185 Å². The molecule has 1 saturated heterocycles. The van der Waals surface area contributed by atoms with Gasteiger partial charge in [-0.2, -0.15) is 13.8 Å². The Balaban J connectivity index is 1.35. The number of sulfonamides is 1. The molecule has 3 fully saturated rings. The number of hydrogen-bond donors (Lipinski definition) is 3.